The summed E-state index contributed by atoms with van der Waals surface area (Å²) in [5.41, 5.74) is 9.17. The number of ether oxygens (including phenoxy) is 2. The van der Waals surface area contributed by atoms with E-state index in [-0.39, 0.29) is 24.3 Å². The van der Waals surface area contributed by atoms with Crippen molar-refractivity contribution in [1.29, 1.82) is 0 Å². The third-order valence-electron chi connectivity index (χ3n) is 5.86. The van der Waals surface area contributed by atoms with Gasteiger partial charge in [0.1, 0.15) is 18.0 Å². The van der Waals surface area contributed by atoms with Crippen LogP contribution in [0.3, 0.4) is 0 Å². The third-order valence-corrected chi connectivity index (χ3v) is 7.51. The monoisotopic (exact) mass is 550 g/mol. The Morgan fingerprint density at radius 2 is 2.08 bits per heavy atom. The van der Waals surface area contributed by atoms with Crippen LogP contribution in [-0.4, -0.2) is 47.4 Å². The second kappa shape index (κ2) is 12.9. The minimum absolute atomic E-state index is 0.0967. The number of benzene rings is 1. The first-order valence-corrected chi connectivity index (χ1v) is 13.5. The number of aromatic nitrogens is 2. The Balaban J connectivity index is 1.81. The quantitative estimate of drug-likeness (QED) is 0.132. The molecule has 2 aromatic rings. The lowest BCUT2D eigenvalue weighted by Gasteiger charge is -2.24. The summed E-state index contributed by atoms with van der Waals surface area (Å²) in [5.74, 6) is -0.447. The molecule has 1 aromatic carbocycles. The summed E-state index contributed by atoms with van der Waals surface area (Å²) in [6.45, 7) is 4.65. The molecule has 206 valence electrons. The maximum Gasteiger partial charge on any atom is 0.459 e. The standard InChI is InChI=1S/C23H31N6O8P/c1-5-6-16-7-9-17(10-8-16)37-38(33,27-15(3)22(31)34-4)35-13-19-18(26-28-24)11-20(36-19)29-12-14(2)21(30)25-23(29)32/h7-10,12,15,18-20H,5-6,11,13H2,1-4H3,(H,27,33)(H,25,30,32)/t15-,18-,19+,20+,38?/m0/s1. The SMILES string of the molecule is CCCc1ccc(OP(=O)(N[C@@H](C)C(=O)OC)OC[C@H]2O[C@@H](n3cc(C)c(=O)[nH]c3=O)C[C@@H]2N=[N+]=[N-])cc1. The van der Waals surface area contributed by atoms with Crippen molar-refractivity contribution in [1.82, 2.24) is 14.6 Å². The molecule has 0 radical (unpaired) electrons. The summed E-state index contributed by atoms with van der Waals surface area (Å²) < 4.78 is 36.8. The number of rotatable bonds is 12. The van der Waals surface area contributed by atoms with Gasteiger partial charge in [0, 0.05) is 23.1 Å². The van der Waals surface area contributed by atoms with Crippen LogP contribution in [0.4, 0.5) is 0 Å². The van der Waals surface area contributed by atoms with Crippen LogP contribution in [-0.2, 0) is 29.8 Å². The van der Waals surface area contributed by atoms with E-state index in [9.17, 15) is 18.9 Å². The average Bonchev–Trinajstić information content (AvgIpc) is 3.28. The number of methoxy groups -OCH3 is 1. The highest BCUT2D eigenvalue weighted by Crippen LogP contribution is 2.46. The predicted molar refractivity (Wildman–Crippen MR) is 137 cm³/mol. The molecule has 1 saturated heterocycles. The maximum atomic E-state index is 13.7. The molecule has 0 amide bonds. The molecule has 2 N–H and O–H groups in total. The molecular weight excluding hydrogens is 519 g/mol. The van der Waals surface area contributed by atoms with E-state index < -0.39 is 49.4 Å². The molecule has 1 aliphatic rings. The van der Waals surface area contributed by atoms with Crippen LogP contribution in [0, 0.1) is 6.92 Å². The highest BCUT2D eigenvalue weighted by molar-refractivity contribution is 7.52. The van der Waals surface area contributed by atoms with Gasteiger partial charge < -0.3 is 14.0 Å². The normalized spacial score (nSPS) is 21.2. The molecule has 0 bridgehead atoms. The molecule has 15 heteroatoms. The smallest absolute Gasteiger partial charge is 0.459 e. The molecule has 14 nitrogen and oxygen atoms in total. The number of azide groups is 1. The van der Waals surface area contributed by atoms with Crippen LogP contribution in [0.1, 0.15) is 44.0 Å². The molecule has 1 fully saturated rings. The lowest BCUT2D eigenvalue weighted by atomic mass is 10.1. The lowest BCUT2D eigenvalue weighted by molar-refractivity contribution is -0.142. The highest BCUT2D eigenvalue weighted by atomic mass is 31.2. The van der Waals surface area contributed by atoms with E-state index in [1.165, 1.54) is 31.7 Å². The van der Waals surface area contributed by atoms with Gasteiger partial charge in [0.25, 0.3) is 5.56 Å². The van der Waals surface area contributed by atoms with E-state index in [0.29, 0.717) is 0 Å². The van der Waals surface area contributed by atoms with Crippen LogP contribution in [0.5, 0.6) is 5.75 Å². The number of hydrogen-bond donors (Lipinski definition) is 2. The largest absolute Gasteiger partial charge is 0.468 e. The van der Waals surface area contributed by atoms with Gasteiger partial charge >= 0.3 is 19.4 Å². The fraction of sp³-hybridized carbons (Fsp3) is 0.522. The maximum absolute atomic E-state index is 13.7. The number of H-pyrrole nitrogens is 1. The van der Waals surface area contributed by atoms with Crippen molar-refractivity contribution in [2.75, 3.05) is 13.7 Å². The molecule has 0 spiro atoms. The Hall–Kier alpha value is -3.41. The number of nitrogens with zero attached hydrogens (tertiary/aromatic N) is 4. The fourth-order valence-electron chi connectivity index (χ4n) is 3.90. The molecule has 3 rings (SSSR count). The van der Waals surface area contributed by atoms with Crippen LogP contribution < -0.4 is 20.9 Å². The number of carbonyl (C=O) groups is 1. The van der Waals surface area contributed by atoms with Crippen molar-refractivity contribution in [2.45, 2.75) is 64.4 Å². The number of hydrogen-bond acceptors (Lipinski definition) is 9. The molecular formula is C23H31N6O8P. The van der Waals surface area contributed by atoms with E-state index in [4.69, 9.17) is 24.1 Å². The lowest BCUT2D eigenvalue weighted by Crippen LogP contribution is -2.36. The number of aryl methyl sites for hydroxylation is 2. The van der Waals surface area contributed by atoms with Gasteiger partial charge in [-0.15, -0.1) is 0 Å². The van der Waals surface area contributed by atoms with Gasteiger partial charge in [-0.1, -0.05) is 30.6 Å². The Morgan fingerprint density at radius 3 is 2.71 bits per heavy atom. The van der Waals surface area contributed by atoms with Crippen molar-refractivity contribution >= 4 is 13.7 Å². The summed E-state index contributed by atoms with van der Waals surface area (Å²) in [6.07, 6.45) is 1.46. The van der Waals surface area contributed by atoms with Gasteiger partial charge in [0.15, 0.2) is 0 Å². The molecule has 1 aromatic heterocycles. The van der Waals surface area contributed by atoms with Crippen LogP contribution in [0.15, 0.2) is 45.2 Å². The van der Waals surface area contributed by atoms with Crippen LogP contribution in [0.2, 0.25) is 0 Å². The van der Waals surface area contributed by atoms with Crippen molar-refractivity contribution in [3.63, 3.8) is 0 Å². The summed E-state index contributed by atoms with van der Waals surface area (Å²) >= 11 is 0. The summed E-state index contributed by atoms with van der Waals surface area (Å²) in [6, 6.07) is 5.11. The third kappa shape index (κ3) is 7.33. The molecule has 0 saturated carbocycles. The Bertz CT molecular complexity index is 1340. The van der Waals surface area contributed by atoms with Gasteiger partial charge in [-0.3, -0.25) is 23.7 Å². The van der Waals surface area contributed by atoms with E-state index in [0.717, 1.165) is 18.4 Å². The highest BCUT2D eigenvalue weighted by Gasteiger charge is 2.40. The van der Waals surface area contributed by atoms with E-state index in [1.807, 2.05) is 12.1 Å². The number of carbonyl (C=O) groups excluding carboxylic acids is 1. The first-order chi connectivity index (χ1) is 18.1. The van der Waals surface area contributed by atoms with E-state index in [2.05, 4.69) is 27.0 Å². The Labute approximate surface area is 218 Å². The van der Waals surface area contributed by atoms with Gasteiger partial charge in [-0.05, 0) is 43.5 Å². The second-order valence-corrected chi connectivity index (χ2v) is 10.5. The molecule has 0 aliphatic carbocycles. The fourth-order valence-corrected chi connectivity index (χ4v) is 5.40. The summed E-state index contributed by atoms with van der Waals surface area (Å²) in [7, 11) is -3.00. The zero-order valence-corrected chi connectivity index (χ0v) is 22.4. The number of esters is 1. The minimum Gasteiger partial charge on any atom is -0.468 e. The Kier molecular flexibility index (Phi) is 9.90. The second-order valence-electron chi connectivity index (χ2n) is 8.77. The summed E-state index contributed by atoms with van der Waals surface area (Å²) in [5, 5.41) is 6.28. The topological polar surface area (TPSA) is 187 Å². The van der Waals surface area contributed by atoms with Crippen molar-refractivity contribution in [3.05, 3.63) is 72.9 Å². The van der Waals surface area contributed by atoms with Crippen LogP contribution >= 0.6 is 7.75 Å². The zero-order valence-electron chi connectivity index (χ0n) is 21.5. The molecule has 5 atom stereocenters. The predicted octanol–water partition coefficient (Wildman–Crippen LogP) is 3.12. The van der Waals surface area contributed by atoms with Gasteiger partial charge in [-0.2, -0.15) is 5.09 Å². The number of nitrogens with one attached hydrogen (secondary N) is 2. The van der Waals surface area contributed by atoms with E-state index >= 15 is 0 Å². The van der Waals surface area contributed by atoms with Gasteiger partial charge in [0.2, 0.25) is 0 Å². The number of aromatic amines is 1. The molecule has 1 aliphatic heterocycles. The molecule has 38 heavy (non-hydrogen) atoms. The molecule has 1 unspecified atom stereocenters. The van der Waals surface area contributed by atoms with Crippen molar-refractivity contribution in [2.24, 2.45) is 5.11 Å². The zero-order chi connectivity index (χ0) is 27.9. The van der Waals surface area contributed by atoms with Crippen molar-refractivity contribution < 1.29 is 27.9 Å². The van der Waals surface area contributed by atoms with Gasteiger partial charge in [0.05, 0.1) is 25.9 Å². The first kappa shape index (κ1) is 29.2. The summed E-state index contributed by atoms with van der Waals surface area (Å²) in [4.78, 5) is 41.1. The van der Waals surface area contributed by atoms with Crippen molar-refractivity contribution in [3.8, 4) is 5.75 Å². The Morgan fingerprint density at radius 1 is 1.37 bits per heavy atom. The first-order valence-electron chi connectivity index (χ1n) is 12.0. The minimum atomic E-state index is -4.19. The van der Waals surface area contributed by atoms with E-state index in [1.54, 1.807) is 12.1 Å². The van der Waals surface area contributed by atoms with Gasteiger partial charge in [-0.25, -0.2) is 9.36 Å². The van der Waals surface area contributed by atoms with Crippen LogP contribution in [0.25, 0.3) is 10.4 Å². The molecule has 2 heterocycles. The average molecular weight is 551 g/mol.